The number of rotatable bonds is 7. The topological polar surface area (TPSA) is 195 Å². The predicted molar refractivity (Wildman–Crippen MR) is 200 cm³/mol. The Balaban J connectivity index is 1.18. The van der Waals surface area contributed by atoms with Gasteiger partial charge in [0.2, 0.25) is 27.7 Å². The molecule has 3 fully saturated rings. The van der Waals surface area contributed by atoms with Crippen LogP contribution in [0.1, 0.15) is 84.6 Å². The first kappa shape index (κ1) is 37.7. The second-order valence-corrected chi connectivity index (χ2v) is 18.5. The molecule has 0 radical (unpaired) electrons. The minimum absolute atomic E-state index is 0.0209. The van der Waals surface area contributed by atoms with Gasteiger partial charge in [-0.05, 0) is 87.6 Å². The van der Waals surface area contributed by atoms with E-state index in [0.717, 1.165) is 28.8 Å². The molecule has 4 amide bonds. The zero-order valence-electron chi connectivity index (χ0n) is 30.6. The third-order valence-corrected chi connectivity index (χ3v) is 13.0. The van der Waals surface area contributed by atoms with Gasteiger partial charge in [0, 0.05) is 29.3 Å². The van der Waals surface area contributed by atoms with Gasteiger partial charge >= 0.3 is 6.09 Å². The Morgan fingerprint density at radius 2 is 1.85 bits per heavy atom. The summed E-state index contributed by atoms with van der Waals surface area (Å²) >= 11 is 1.62. The normalized spacial score (nSPS) is 27.1. The van der Waals surface area contributed by atoms with Crippen LogP contribution in [0.5, 0.6) is 0 Å². The van der Waals surface area contributed by atoms with Crippen LogP contribution < -0.4 is 15.4 Å². The third-order valence-electron chi connectivity index (χ3n) is 10.2. The van der Waals surface area contributed by atoms with E-state index in [0.29, 0.717) is 37.9 Å². The number of allylic oxidation sites excluding steroid dienone is 1. The highest BCUT2D eigenvalue weighted by Gasteiger charge is 2.62. The largest absolute Gasteiger partial charge is 0.444 e. The zero-order chi connectivity index (χ0) is 38.3. The van der Waals surface area contributed by atoms with E-state index in [9.17, 15) is 27.6 Å². The Bertz CT molecular complexity index is 2040. The second kappa shape index (κ2) is 14.9. The summed E-state index contributed by atoms with van der Waals surface area (Å²) < 4.78 is 33.4. The van der Waals surface area contributed by atoms with Crippen molar-refractivity contribution >= 4 is 45.2 Å². The van der Waals surface area contributed by atoms with Gasteiger partial charge in [-0.15, -0.1) is 21.5 Å². The summed E-state index contributed by atoms with van der Waals surface area (Å²) in [5.41, 5.74) is -0.545. The van der Waals surface area contributed by atoms with Gasteiger partial charge in [0.1, 0.15) is 23.2 Å². The molecule has 1 saturated heterocycles. The average Bonchev–Trinajstić information content (AvgIpc) is 3.84. The SMILES string of the molecule is CC(C)(C)OC(=O)N[C@@H]1CCCCC/C=C\[C@@H]2C[C@]2(C(=O)NS(=O)(=O)C2CC2)NC(=O)[C@@H]2C[C@@H](n3nnc(-c4cccc(-c5cccs5)c4)n3)CN2C1=O. The number of carbonyl (C=O) groups excluding carboxylic acids is 4. The fraction of sp³-hybridized carbons (Fsp3) is 0.541. The monoisotopic (exact) mass is 778 g/mol. The molecule has 3 N–H and O–H groups in total. The Hall–Kier alpha value is -4.64. The number of nitrogens with zero attached hydrogens (tertiary/aromatic N) is 5. The number of alkyl carbamates (subject to hydrolysis) is 1. The predicted octanol–water partition coefficient (Wildman–Crippen LogP) is 4.11. The number of benzene rings is 1. The highest BCUT2D eigenvalue weighted by molar-refractivity contribution is 7.91. The second-order valence-electron chi connectivity index (χ2n) is 15.6. The van der Waals surface area contributed by atoms with Crippen LogP contribution in [0.2, 0.25) is 0 Å². The lowest BCUT2D eigenvalue weighted by molar-refractivity contribution is -0.141. The third kappa shape index (κ3) is 8.36. The van der Waals surface area contributed by atoms with E-state index in [1.807, 2.05) is 53.9 Å². The first-order valence-electron chi connectivity index (χ1n) is 18.5. The smallest absolute Gasteiger partial charge is 0.408 e. The summed E-state index contributed by atoms with van der Waals surface area (Å²) in [5, 5.41) is 20.3. The van der Waals surface area contributed by atoms with Gasteiger partial charge in [-0.1, -0.05) is 49.3 Å². The lowest BCUT2D eigenvalue weighted by Gasteiger charge is -2.30. The van der Waals surface area contributed by atoms with E-state index in [4.69, 9.17) is 4.74 Å². The number of aromatic nitrogens is 4. The van der Waals surface area contributed by atoms with Crippen molar-refractivity contribution in [1.82, 2.24) is 40.5 Å². The number of carbonyl (C=O) groups is 4. The fourth-order valence-corrected chi connectivity index (χ4v) is 9.23. The number of hydrogen-bond acceptors (Lipinski definition) is 11. The number of tetrazole rings is 1. The van der Waals surface area contributed by atoms with Gasteiger partial charge in [-0.25, -0.2) is 13.2 Å². The van der Waals surface area contributed by atoms with Crippen molar-refractivity contribution in [3.8, 4) is 21.8 Å². The molecule has 17 heteroatoms. The van der Waals surface area contributed by atoms with Gasteiger partial charge in [-0.2, -0.15) is 4.80 Å². The molecule has 4 heterocycles. The van der Waals surface area contributed by atoms with Crippen LogP contribution in [-0.4, -0.2) is 92.4 Å². The first-order chi connectivity index (χ1) is 25.7. The minimum atomic E-state index is -3.89. The van der Waals surface area contributed by atoms with Crippen LogP contribution in [-0.2, 0) is 29.1 Å². The van der Waals surface area contributed by atoms with Gasteiger partial charge in [0.25, 0.3) is 5.91 Å². The molecule has 2 saturated carbocycles. The molecule has 15 nitrogen and oxygen atoms in total. The Kier molecular flexibility index (Phi) is 10.4. The van der Waals surface area contributed by atoms with Crippen LogP contribution in [0.4, 0.5) is 4.79 Å². The molecular weight excluding hydrogens is 733 g/mol. The van der Waals surface area contributed by atoms with E-state index >= 15 is 0 Å². The maximum atomic E-state index is 14.5. The van der Waals surface area contributed by atoms with E-state index < -0.39 is 74.3 Å². The van der Waals surface area contributed by atoms with Gasteiger partial charge in [-0.3, -0.25) is 19.1 Å². The molecule has 4 aliphatic rings. The molecule has 0 bridgehead atoms. The molecular formula is C37H46N8O7S2. The number of sulfonamides is 1. The number of amides is 4. The van der Waals surface area contributed by atoms with E-state index in [1.54, 1.807) is 32.1 Å². The summed E-state index contributed by atoms with van der Waals surface area (Å²) in [6, 6.07) is 9.12. The van der Waals surface area contributed by atoms with Gasteiger partial charge in [0.15, 0.2) is 0 Å². The molecule has 0 unspecified atom stereocenters. The first-order valence-corrected chi connectivity index (χ1v) is 20.9. The number of fused-ring (bicyclic) bond motifs is 2. The molecule has 7 rings (SSSR count). The molecule has 2 aromatic heterocycles. The summed E-state index contributed by atoms with van der Waals surface area (Å²) in [6.07, 6.45) is 7.51. The van der Waals surface area contributed by atoms with Crippen molar-refractivity contribution in [3.63, 3.8) is 0 Å². The Labute approximate surface area is 318 Å². The maximum absolute atomic E-state index is 14.5. The summed E-state index contributed by atoms with van der Waals surface area (Å²) in [5.74, 6) is -1.93. The Morgan fingerprint density at radius 1 is 1.06 bits per heavy atom. The summed E-state index contributed by atoms with van der Waals surface area (Å²) in [7, 11) is -3.89. The van der Waals surface area contributed by atoms with Crippen molar-refractivity contribution < 1.29 is 32.3 Å². The van der Waals surface area contributed by atoms with Crippen LogP contribution >= 0.6 is 11.3 Å². The molecule has 3 aromatic rings. The van der Waals surface area contributed by atoms with Crippen molar-refractivity contribution in [1.29, 1.82) is 0 Å². The molecule has 2 aliphatic heterocycles. The molecule has 0 spiro atoms. The fourth-order valence-electron chi connectivity index (χ4n) is 7.15. The van der Waals surface area contributed by atoms with Crippen molar-refractivity contribution in [2.45, 2.75) is 113 Å². The molecule has 1 aromatic carbocycles. The zero-order valence-corrected chi connectivity index (χ0v) is 32.2. The molecule has 288 valence electrons. The lowest BCUT2D eigenvalue weighted by Crippen LogP contribution is -2.58. The molecule has 5 atom stereocenters. The van der Waals surface area contributed by atoms with Crippen molar-refractivity contribution in [2.75, 3.05) is 6.54 Å². The number of ether oxygens (including phenoxy) is 1. The Morgan fingerprint density at radius 3 is 2.59 bits per heavy atom. The lowest BCUT2D eigenvalue weighted by atomic mass is 10.0. The van der Waals surface area contributed by atoms with Crippen LogP contribution in [0.3, 0.4) is 0 Å². The number of hydrogen-bond donors (Lipinski definition) is 3. The van der Waals surface area contributed by atoms with E-state index in [1.165, 1.54) is 9.70 Å². The van der Waals surface area contributed by atoms with E-state index in [-0.39, 0.29) is 19.4 Å². The van der Waals surface area contributed by atoms with Gasteiger partial charge in [0.05, 0.1) is 11.3 Å². The van der Waals surface area contributed by atoms with E-state index in [2.05, 4.69) is 30.8 Å². The average molecular weight is 779 g/mol. The van der Waals surface area contributed by atoms with Crippen LogP contribution in [0.25, 0.3) is 21.8 Å². The molecule has 2 aliphatic carbocycles. The standard InChI is InChI=1S/C37H46N8O7S2/c1-36(2,3)52-35(49)38-28-14-8-6-4-5-7-13-25-21-37(25,34(48)42-54(50,51)27-16-17-27)39-32(46)29-20-26(22-44(29)33(28)47)45-41-31(40-43-45)24-12-9-11-23(19-24)30-15-10-18-53-30/h7,9-13,15,18-19,25-29H,4-6,8,14,16-17,20-22H2,1-3H3,(H,38,49)(H,39,46)(H,42,48)/b13-7-/t25-,26-,28-,29+,37+/m1/s1. The van der Waals surface area contributed by atoms with Gasteiger partial charge < -0.3 is 20.3 Å². The highest BCUT2D eigenvalue weighted by atomic mass is 32.2. The van der Waals surface area contributed by atoms with Crippen LogP contribution in [0.15, 0.2) is 53.9 Å². The van der Waals surface area contributed by atoms with Crippen LogP contribution in [0, 0.1) is 5.92 Å². The quantitative estimate of drug-likeness (QED) is 0.294. The van der Waals surface area contributed by atoms with Crippen molar-refractivity contribution in [3.05, 3.63) is 53.9 Å². The number of thiophene rings is 1. The van der Waals surface area contributed by atoms with Crippen molar-refractivity contribution in [2.24, 2.45) is 5.92 Å². The summed E-state index contributed by atoms with van der Waals surface area (Å²) in [6.45, 7) is 5.21. The summed E-state index contributed by atoms with van der Waals surface area (Å²) in [4.78, 5) is 59.4. The minimum Gasteiger partial charge on any atom is -0.444 e. The molecule has 54 heavy (non-hydrogen) atoms. The number of nitrogens with one attached hydrogen (secondary N) is 3. The highest BCUT2D eigenvalue weighted by Crippen LogP contribution is 2.46. The maximum Gasteiger partial charge on any atom is 0.408 e.